The lowest BCUT2D eigenvalue weighted by Crippen LogP contribution is -2.38. The van der Waals surface area contributed by atoms with E-state index in [4.69, 9.17) is 4.99 Å². The predicted octanol–water partition coefficient (Wildman–Crippen LogP) is 4.37. The molecule has 25 heavy (non-hydrogen) atoms. The predicted molar refractivity (Wildman–Crippen MR) is 100 cm³/mol. The first-order valence-corrected chi connectivity index (χ1v) is 8.39. The highest BCUT2D eigenvalue weighted by molar-refractivity contribution is 5.97. The second-order valence-corrected chi connectivity index (χ2v) is 6.19. The molecule has 4 heteroatoms. The first kappa shape index (κ1) is 15.4. The van der Waals surface area contributed by atoms with Crippen molar-refractivity contribution in [3.05, 3.63) is 78.4 Å². The van der Waals surface area contributed by atoms with Crippen LogP contribution in [0.3, 0.4) is 0 Å². The number of amides is 1. The number of hydrogen-bond donors (Lipinski definition) is 1. The highest BCUT2D eigenvalue weighted by Crippen LogP contribution is 2.31. The molecule has 1 heterocycles. The molecule has 4 rings (SSSR count). The number of aliphatic imine (C=N–C) groups is 1. The maximum Gasteiger partial charge on any atom is 0.238 e. The van der Waals surface area contributed by atoms with Gasteiger partial charge in [-0.25, -0.2) is 10.0 Å². The van der Waals surface area contributed by atoms with E-state index in [1.54, 1.807) is 11.9 Å². The van der Waals surface area contributed by atoms with Crippen molar-refractivity contribution in [2.75, 3.05) is 0 Å². The summed E-state index contributed by atoms with van der Waals surface area (Å²) in [4.78, 5) is 16.9. The van der Waals surface area contributed by atoms with Crippen molar-refractivity contribution in [1.29, 1.82) is 0 Å². The number of benzene rings is 3. The summed E-state index contributed by atoms with van der Waals surface area (Å²) in [6.07, 6.45) is 0.673. The monoisotopic (exact) mass is 329 g/mol. The third kappa shape index (κ3) is 2.98. The molecule has 124 valence electrons. The van der Waals surface area contributed by atoms with Crippen molar-refractivity contribution in [1.82, 2.24) is 10.4 Å². The molecular formula is C21H19N3O. The topological polar surface area (TPSA) is 44.7 Å². The number of hydrogen-bond acceptors (Lipinski definition) is 2. The van der Waals surface area contributed by atoms with Crippen LogP contribution in [-0.4, -0.2) is 16.8 Å². The second-order valence-electron chi connectivity index (χ2n) is 6.19. The van der Waals surface area contributed by atoms with E-state index in [0.29, 0.717) is 6.42 Å². The molecule has 0 bridgehead atoms. The molecule has 0 aliphatic carbocycles. The Bertz CT molecular complexity index is 944. The van der Waals surface area contributed by atoms with Crippen LogP contribution in [0.1, 0.15) is 24.9 Å². The van der Waals surface area contributed by atoms with Crippen LogP contribution >= 0.6 is 0 Å². The molecule has 1 amide bonds. The van der Waals surface area contributed by atoms with Gasteiger partial charge in [0.05, 0.1) is 11.7 Å². The molecule has 1 unspecified atom stereocenters. The molecule has 4 nitrogen and oxygen atoms in total. The number of carbonyl (C=O) groups is 1. The fourth-order valence-corrected chi connectivity index (χ4v) is 3.30. The molecule has 1 saturated heterocycles. The number of nitrogens with zero attached hydrogens (tertiary/aromatic N) is 2. The average molecular weight is 329 g/mol. The molecule has 1 atom stereocenters. The quantitative estimate of drug-likeness (QED) is 0.759. The summed E-state index contributed by atoms with van der Waals surface area (Å²) in [6, 6.07) is 24.3. The van der Waals surface area contributed by atoms with Gasteiger partial charge in [-0.1, -0.05) is 66.7 Å². The lowest BCUT2D eigenvalue weighted by atomic mass is 10.0. The van der Waals surface area contributed by atoms with Gasteiger partial charge >= 0.3 is 0 Å². The zero-order valence-corrected chi connectivity index (χ0v) is 14.0. The fraction of sp³-hybridized carbons (Fsp3) is 0.143. The Labute approximate surface area is 146 Å². The molecule has 3 aromatic rings. The molecule has 1 aliphatic rings. The SMILES string of the molecule is CC(=O)N1NC(=Nc2cccc3ccccc23)CC1c1ccccc1. The summed E-state index contributed by atoms with van der Waals surface area (Å²) in [5.41, 5.74) is 5.21. The number of rotatable bonds is 2. The Morgan fingerprint density at radius 2 is 1.72 bits per heavy atom. The minimum absolute atomic E-state index is 0.0167. The van der Waals surface area contributed by atoms with E-state index in [1.807, 2.05) is 54.6 Å². The van der Waals surface area contributed by atoms with Gasteiger partial charge in [0.25, 0.3) is 0 Å². The van der Waals surface area contributed by atoms with Gasteiger partial charge in [-0.2, -0.15) is 0 Å². The minimum atomic E-state index is -0.0348. The smallest absolute Gasteiger partial charge is 0.238 e. The number of carbonyl (C=O) groups excluding carboxylic acids is 1. The van der Waals surface area contributed by atoms with Gasteiger partial charge in [-0.3, -0.25) is 10.2 Å². The molecule has 1 aliphatic heterocycles. The van der Waals surface area contributed by atoms with Crippen LogP contribution < -0.4 is 5.43 Å². The Kier molecular flexibility index (Phi) is 3.94. The van der Waals surface area contributed by atoms with Crippen molar-refractivity contribution in [2.24, 2.45) is 4.99 Å². The second kappa shape index (κ2) is 6.40. The zero-order valence-electron chi connectivity index (χ0n) is 14.0. The van der Waals surface area contributed by atoms with Crippen molar-refractivity contribution < 1.29 is 4.79 Å². The molecular weight excluding hydrogens is 310 g/mol. The molecule has 0 aromatic heterocycles. The standard InChI is InChI=1S/C21H19N3O/c1-15(25)24-20(17-9-3-2-4-10-17)14-21(23-24)22-19-13-7-11-16-8-5-6-12-18(16)19/h2-13,20H,14H2,1H3,(H,22,23). The van der Waals surface area contributed by atoms with Crippen LogP contribution in [-0.2, 0) is 4.79 Å². The van der Waals surface area contributed by atoms with Gasteiger partial charge in [-0.05, 0) is 17.0 Å². The van der Waals surface area contributed by atoms with Crippen LogP contribution in [0, 0.1) is 0 Å². The average Bonchev–Trinajstić information content (AvgIpc) is 3.07. The Morgan fingerprint density at radius 1 is 1.00 bits per heavy atom. The normalized spacial score (nSPS) is 18.5. The molecule has 0 saturated carbocycles. The largest absolute Gasteiger partial charge is 0.282 e. The van der Waals surface area contributed by atoms with E-state index in [9.17, 15) is 4.79 Å². The Balaban J connectivity index is 1.71. The van der Waals surface area contributed by atoms with Crippen molar-refractivity contribution >= 4 is 28.2 Å². The van der Waals surface area contributed by atoms with E-state index in [-0.39, 0.29) is 11.9 Å². The zero-order chi connectivity index (χ0) is 17.2. The van der Waals surface area contributed by atoms with E-state index >= 15 is 0 Å². The number of fused-ring (bicyclic) bond motifs is 1. The molecule has 1 N–H and O–H groups in total. The van der Waals surface area contributed by atoms with Gasteiger partial charge in [0.1, 0.15) is 5.84 Å². The molecule has 0 radical (unpaired) electrons. The van der Waals surface area contributed by atoms with Gasteiger partial charge < -0.3 is 0 Å². The van der Waals surface area contributed by atoms with Crippen molar-refractivity contribution in [2.45, 2.75) is 19.4 Å². The van der Waals surface area contributed by atoms with E-state index < -0.39 is 0 Å². The molecule has 3 aromatic carbocycles. The van der Waals surface area contributed by atoms with Crippen LogP contribution in [0.15, 0.2) is 77.8 Å². The highest BCUT2D eigenvalue weighted by Gasteiger charge is 2.32. The Morgan fingerprint density at radius 3 is 2.52 bits per heavy atom. The first-order valence-electron chi connectivity index (χ1n) is 8.39. The number of nitrogens with one attached hydrogen (secondary N) is 1. The third-order valence-corrected chi connectivity index (χ3v) is 4.49. The summed E-state index contributed by atoms with van der Waals surface area (Å²) in [5, 5.41) is 3.93. The summed E-state index contributed by atoms with van der Waals surface area (Å²) >= 11 is 0. The molecule has 1 fully saturated rings. The Hall–Kier alpha value is -3.14. The van der Waals surface area contributed by atoms with Crippen LogP contribution in [0.2, 0.25) is 0 Å². The first-order chi connectivity index (χ1) is 12.2. The van der Waals surface area contributed by atoms with E-state index in [0.717, 1.165) is 27.9 Å². The van der Waals surface area contributed by atoms with Crippen LogP contribution in [0.5, 0.6) is 0 Å². The number of hydrazine groups is 1. The lowest BCUT2D eigenvalue weighted by Gasteiger charge is -2.22. The fourth-order valence-electron chi connectivity index (χ4n) is 3.30. The maximum atomic E-state index is 12.0. The van der Waals surface area contributed by atoms with Gasteiger partial charge in [0.15, 0.2) is 0 Å². The van der Waals surface area contributed by atoms with Crippen molar-refractivity contribution in [3.8, 4) is 0 Å². The summed E-state index contributed by atoms with van der Waals surface area (Å²) in [5.74, 6) is 0.789. The van der Waals surface area contributed by atoms with E-state index in [2.05, 4.69) is 23.6 Å². The summed E-state index contributed by atoms with van der Waals surface area (Å²) in [6.45, 7) is 1.57. The lowest BCUT2D eigenvalue weighted by molar-refractivity contribution is -0.132. The summed E-state index contributed by atoms with van der Waals surface area (Å²) < 4.78 is 0. The highest BCUT2D eigenvalue weighted by atomic mass is 16.2. The van der Waals surface area contributed by atoms with Crippen LogP contribution in [0.4, 0.5) is 5.69 Å². The van der Waals surface area contributed by atoms with Crippen LogP contribution in [0.25, 0.3) is 10.8 Å². The van der Waals surface area contributed by atoms with Crippen molar-refractivity contribution in [3.63, 3.8) is 0 Å². The molecule has 0 spiro atoms. The van der Waals surface area contributed by atoms with Gasteiger partial charge in [-0.15, -0.1) is 0 Å². The maximum absolute atomic E-state index is 12.0. The summed E-state index contributed by atoms with van der Waals surface area (Å²) in [7, 11) is 0. The van der Waals surface area contributed by atoms with E-state index in [1.165, 1.54) is 0 Å². The van der Waals surface area contributed by atoms with Gasteiger partial charge in [0.2, 0.25) is 5.91 Å². The number of amidine groups is 1. The van der Waals surface area contributed by atoms with Gasteiger partial charge in [0, 0.05) is 18.7 Å². The minimum Gasteiger partial charge on any atom is -0.282 e. The third-order valence-electron chi connectivity index (χ3n) is 4.49.